The van der Waals surface area contributed by atoms with Gasteiger partial charge in [0.1, 0.15) is 11.2 Å². The van der Waals surface area contributed by atoms with E-state index >= 15 is 0 Å². The van der Waals surface area contributed by atoms with Crippen molar-refractivity contribution in [1.82, 2.24) is 19.4 Å². The van der Waals surface area contributed by atoms with Crippen LogP contribution in [0.15, 0.2) is 51.4 Å². The predicted molar refractivity (Wildman–Crippen MR) is 130 cm³/mol. The number of carbonyl (C=O) groups is 2. The Bertz CT molecular complexity index is 1210. The van der Waals surface area contributed by atoms with Crippen molar-refractivity contribution in [3.63, 3.8) is 0 Å². The molecule has 0 spiro atoms. The van der Waals surface area contributed by atoms with E-state index in [2.05, 4.69) is 5.32 Å². The van der Waals surface area contributed by atoms with Crippen molar-refractivity contribution in [2.45, 2.75) is 52.7 Å². The van der Waals surface area contributed by atoms with Gasteiger partial charge in [-0.1, -0.05) is 44.2 Å². The molecule has 0 atom stereocenters. The fourth-order valence-electron chi connectivity index (χ4n) is 3.72. The maximum atomic E-state index is 13.2. The minimum atomic E-state index is -0.567. The monoisotopic (exact) mass is 470 g/mol. The predicted octanol–water partition coefficient (Wildman–Crippen LogP) is 2.58. The second-order valence-corrected chi connectivity index (χ2v) is 8.77. The van der Waals surface area contributed by atoms with Gasteiger partial charge in [-0.3, -0.25) is 23.5 Å². The zero-order valence-electron chi connectivity index (χ0n) is 19.1. The zero-order valence-corrected chi connectivity index (χ0v) is 19.9. The molecular formula is C24H30N4O4S. The van der Waals surface area contributed by atoms with E-state index < -0.39 is 11.2 Å². The van der Waals surface area contributed by atoms with Crippen LogP contribution in [0.2, 0.25) is 0 Å². The molecule has 1 N–H and O–H groups in total. The smallest absolute Gasteiger partial charge is 0.332 e. The van der Waals surface area contributed by atoms with Crippen molar-refractivity contribution in [2.75, 3.05) is 13.1 Å². The summed E-state index contributed by atoms with van der Waals surface area (Å²) in [6.45, 7) is 5.44. The maximum Gasteiger partial charge on any atom is 0.332 e. The van der Waals surface area contributed by atoms with Gasteiger partial charge in [0, 0.05) is 32.6 Å². The van der Waals surface area contributed by atoms with E-state index in [1.807, 2.05) is 44.2 Å². The summed E-state index contributed by atoms with van der Waals surface area (Å²) in [7, 11) is 0. The highest BCUT2D eigenvalue weighted by Crippen LogP contribution is 2.15. The van der Waals surface area contributed by atoms with E-state index in [1.54, 1.807) is 16.3 Å². The molecule has 8 nitrogen and oxygen atoms in total. The Morgan fingerprint density at radius 2 is 1.70 bits per heavy atom. The third-order valence-corrected chi connectivity index (χ3v) is 6.26. The first kappa shape index (κ1) is 24.4. The molecule has 0 saturated carbocycles. The Balaban J connectivity index is 1.80. The summed E-state index contributed by atoms with van der Waals surface area (Å²) in [6.07, 6.45) is 1.64. The largest absolute Gasteiger partial charge is 0.352 e. The fourth-order valence-corrected chi connectivity index (χ4v) is 4.56. The number of aromatic nitrogens is 2. The average Bonchev–Trinajstić information content (AvgIpc) is 3.31. The summed E-state index contributed by atoms with van der Waals surface area (Å²) < 4.78 is 2.83. The van der Waals surface area contributed by atoms with Crippen LogP contribution in [-0.2, 0) is 29.2 Å². The van der Waals surface area contributed by atoms with E-state index in [9.17, 15) is 19.2 Å². The van der Waals surface area contributed by atoms with Crippen molar-refractivity contribution in [1.29, 1.82) is 0 Å². The Hall–Kier alpha value is -3.20. The quantitative estimate of drug-likeness (QED) is 0.466. The van der Waals surface area contributed by atoms with Crippen LogP contribution >= 0.6 is 11.3 Å². The molecule has 1 aromatic carbocycles. The molecule has 0 aliphatic carbocycles. The molecule has 3 aromatic rings. The molecule has 2 aromatic heterocycles. The Labute approximate surface area is 196 Å². The number of benzene rings is 1. The average molecular weight is 471 g/mol. The summed E-state index contributed by atoms with van der Waals surface area (Å²) in [5.41, 5.74) is 0.431. The van der Waals surface area contributed by atoms with Gasteiger partial charge in [-0.05, 0) is 29.9 Å². The summed E-state index contributed by atoms with van der Waals surface area (Å²) in [5, 5.41) is 4.54. The molecule has 2 heterocycles. The van der Waals surface area contributed by atoms with E-state index in [-0.39, 0.29) is 31.3 Å². The molecule has 0 aliphatic heterocycles. The van der Waals surface area contributed by atoms with Gasteiger partial charge >= 0.3 is 5.69 Å². The molecular weight excluding hydrogens is 440 g/mol. The second kappa shape index (κ2) is 11.6. The molecule has 0 radical (unpaired) electrons. The maximum absolute atomic E-state index is 13.2. The van der Waals surface area contributed by atoms with Crippen molar-refractivity contribution in [3.8, 4) is 0 Å². The van der Waals surface area contributed by atoms with Crippen molar-refractivity contribution < 1.29 is 9.59 Å². The SMILES string of the molecule is CCCN(CCC)C(=O)Cn1c(=O)n(CCC(=O)NCc2ccccc2)c(=O)c2sccc21. The molecule has 33 heavy (non-hydrogen) atoms. The van der Waals surface area contributed by atoms with Gasteiger partial charge in [-0.15, -0.1) is 11.3 Å². The van der Waals surface area contributed by atoms with E-state index in [0.29, 0.717) is 29.9 Å². The molecule has 0 unspecified atom stereocenters. The van der Waals surface area contributed by atoms with Crippen molar-refractivity contribution in [2.24, 2.45) is 0 Å². The summed E-state index contributed by atoms with van der Waals surface area (Å²) in [6, 6.07) is 11.2. The van der Waals surface area contributed by atoms with Crippen LogP contribution in [-0.4, -0.2) is 38.9 Å². The highest BCUT2D eigenvalue weighted by Gasteiger charge is 2.19. The van der Waals surface area contributed by atoms with Crippen LogP contribution in [0.3, 0.4) is 0 Å². The normalized spacial score (nSPS) is 11.0. The molecule has 0 fully saturated rings. The molecule has 176 valence electrons. The van der Waals surface area contributed by atoms with Gasteiger partial charge in [0.15, 0.2) is 0 Å². The Morgan fingerprint density at radius 3 is 2.36 bits per heavy atom. The van der Waals surface area contributed by atoms with Gasteiger partial charge in [-0.2, -0.15) is 0 Å². The highest BCUT2D eigenvalue weighted by atomic mass is 32.1. The topological polar surface area (TPSA) is 93.4 Å². The van der Waals surface area contributed by atoms with Gasteiger partial charge < -0.3 is 10.2 Å². The summed E-state index contributed by atoms with van der Waals surface area (Å²) in [5.74, 6) is -0.407. The second-order valence-electron chi connectivity index (χ2n) is 7.85. The highest BCUT2D eigenvalue weighted by molar-refractivity contribution is 7.17. The minimum absolute atomic E-state index is 0.00932. The van der Waals surface area contributed by atoms with Crippen LogP contribution in [0, 0.1) is 0 Å². The molecule has 2 amide bonds. The third-order valence-electron chi connectivity index (χ3n) is 5.36. The summed E-state index contributed by atoms with van der Waals surface area (Å²) >= 11 is 1.23. The third kappa shape index (κ3) is 5.98. The molecule has 9 heteroatoms. The number of fused-ring (bicyclic) bond motifs is 1. The number of rotatable bonds is 11. The number of hydrogen-bond acceptors (Lipinski definition) is 5. The van der Waals surface area contributed by atoms with E-state index in [1.165, 1.54) is 15.9 Å². The number of nitrogens with one attached hydrogen (secondary N) is 1. The Morgan fingerprint density at radius 1 is 1.00 bits per heavy atom. The van der Waals surface area contributed by atoms with Crippen LogP contribution in [0.1, 0.15) is 38.7 Å². The first-order valence-electron chi connectivity index (χ1n) is 11.3. The first-order chi connectivity index (χ1) is 16.0. The number of thiophene rings is 1. The van der Waals surface area contributed by atoms with E-state index in [4.69, 9.17) is 0 Å². The fraction of sp³-hybridized carbons (Fsp3) is 0.417. The van der Waals surface area contributed by atoms with Crippen molar-refractivity contribution in [3.05, 3.63) is 68.2 Å². The van der Waals surface area contributed by atoms with Crippen LogP contribution in [0.5, 0.6) is 0 Å². The number of hydrogen-bond donors (Lipinski definition) is 1. The van der Waals surface area contributed by atoms with E-state index in [0.717, 1.165) is 23.0 Å². The lowest BCUT2D eigenvalue weighted by Gasteiger charge is -2.22. The lowest BCUT2D eigenvalue weighted by atomic mass is 10.2. The zero-order chi connectivity index (χ0) is 23.8. The number of carbonyl (C=O) groups excluding carboxylic acids is 2. The van der Waals surface area contributed by atoms with Crippen molar-refractivity contribution >= 4 is 33.4 Å². The Kier molecular flexibility index (Phi) is 8.59. The van der Waals surface area contributed by atoms with Crippen LogP contribution in [0.4, 0.5) is 0 Å². The van der Waals surface area contributed by atoms with Gasteiger partial charge in [0.2, 0.25) is 11.8 Å². The molecule has 0 bridgehead atoms. The van der Waals surface area contributed by atoms with Crippen LogP contribution in [0.25, 0.3) is 10.2 Å². The minimum Gasteiger partial charge on any atom is -0.352 e. The van der Waals surface area contributed by atoms with Gasteiger partial charge in [-0.25, -0.2) is 4.79 Å². The van der Waals surface area contributed by atoms with Gasteiger partial charge in [0.25, 0.3) is 5.56 Å². The number of nitrogens with zero attached hydrogens (tertiary/aromatic N) is 3. The lowest BCUT2D eigenvalue weighted by molar-refractivity contribution is -0.132. The standard InChI is InChI=1S/C24H30N4O4S/c1-3-12-26(13-4-2)21(30)17-28-19-11-15-33-22(19)23(31)27(24(28)32)14-10-20(29)25-16-18-8-6-5-7-9-18/h5-9,11,15H,3-4,10,12-14,16-17H2,1-2H3,(H,25,29). The first-order valence-corrected chi connectivity index (χ1v) is 12.1. The van der Waals surface area contributed by atoms with Crippen LogP contribution < -0.4 is 16.6 Å². The summed E-state index contributed by atoms with van der Waals surface area (Å²) in [4.78, 5) is 53.1. The molecule has 3 rings (SSSR count). The number of amides is 2. The molecule has 0 saturated heterocycles. The lowest BCUT2D eigenvalue weighted by Crippen LogP contribution is -2.44. The molecule has 0 aliphatic rings. The van der Waals surface area contributed by atoms with Gasteiger partial charge in [0.05, 0.1) is 5.52 Å².